The van der Waals surface area contributed by atoms with E-state index in [0.29, 0.717) is 30.5 Å². The lowest BCUT2D eigenvalue weighted by atomic mass is 10.00. The van der Waals surface area contributed by atoms with Gasteiger partial charge in [-0.05, 0) is 36.6 Å². The lowest BCUT2D eigenvalue weighted by Crippen LogP contribution is -2.27. The molecule has 0 bridgehead atoms. The molecule has 0 aromatic heterocycles. The molecule has 0 saturated carbocycles. The summed E-state index contributed by atoms with van der Waals surface area (Å²) in [7, 11) is -5.81. The maximum atomic E-state index is 14.4. The van der Waals surface area contributed by atoms with E-state index in [4.69, 9.17) is 11.6 Å². The van der Waals surface area contributed by atoms with Gasteiger partial charge in [0.05, 0.1) is 26.9 Å². The molecule has 1 aliphatic rings. The summed E-state index contributed by atoms with van der Waals surface area (Å²) in [5.74, 6) is -1.69. The van der Waals surface area contributed by atoms with Crippen LogP contribution in [-0.2, 0) is 16.3 Å². The highest BCUT2D eigenvalue weighted by molar-refractivity contribution is 7.92. The third-order valence-electron chi connectivity index (χ3n) is 4.29. The Morgan fingerprint density at radius 2 is 1.86 bits per heavy atom. The minimum Gasteiger partial charge on any atom is -0.338 e. The van der Waals surface area contributed by atoms with E-state index in [0.717, 1.165) is 12.1 Å². The van der Waals surface area contributed by atoms with Crippen molar-refractivity contribution in [3.05, 3.63) is 52.0 Å². The molecule has 3 rings (SSSR count). The van der Waals surface area contributed by atoms with E-state index in [-0.39, 0.29) is 17.9 Å². The first-order valence-electron chi connectivity index (χ1n) is 7.78. The summed E-state index contributed by atoms with van der Waals surface area (Å²) in [6, 6.07) is 4.74. The Morgan fingerprint density at radius 1 is 1.18 bits per heavy atom. The van der Waals surface area contributed by atoms with Gasteiger partial charge >= 0.3 is 5.51 Å². The number of alkyl halides is 3. The molecule has 0 atom stereocenters. The van der Waals surface area contributed by atoms with Gasteiger partial charge in [0.2, 0.25) is 0 Å². The summed E-state index contributed by atoms with van der Waals surface area (Å²) in [6.07, 6.45) is 0.820. The topological polar surface area (TPSA) is 61.2 Å². The van der Waals surface area contributed by atoms with E-state index >= 15 is 0 Å². The molecule has 148 valence electrons. The van der Waals surface area contributed by atoms with Crippen LogP contribution < -0.4 is 4.90 Å². The number of halogens is 6. The van der Waals surface area contributed by atoms with Crippen LogP contribution in [0.15, 0.2) is 29.2 Å². The van der Waals surface area contributed by atoms with Crippen LogP contribution in [0.25, 0.3) is 0 Å². The number of nitriles is 1. The molecular formula is C17H10ClF5N2O2S. The minimum absolute atomic E-state index is 0.0233. The van der Waals surface area contributed by atoms with E-state index in [1.54, 1.807) is 0 Å². The maximum absolute atomic E-state index is 14.4. The van der Waals surface area contributed by atoms with Gasteiger partial charge in [-0.1, -0.05) is 11.6 Å². The predicted molar refractivity (Wildman–Crippen MR) is 91.1 cm³/mol. The first kappa shape index (κ1) is 20.4. The van der Waals surface area contributed by atoms with Crippen LogP contribution in [0.4, 0.5) is 33.3 Å². The average molecular weight is 437 g/mol. The maximum Gasteiger partial charge on any atom is 0.501 e. The van der Waals surface area contributed by atoms with Crippen molar-refractivity contribution in [3.8, 4) is 6.07 Å². The molecule has 0 N–H and O–H groups in total. The number of rotatable bonds is 2. The number of sulfone groups is 1. The highest BCUT2D eigenvalue weighted by atomic mass is 35.5. The zero-order valence-corrected chi connectivity index (χ0v) is 15.4. The zero-order valence-electron chi connectivity index (χ0n) is 13.8. The fourth-order valence-corrected chi connectivity index (χ4v) is 4.38. The number of hydrogen-bond acceptors (Lipinski definition) is 4. The van der Waals surface area contributed by atoms with Crippen molar-refractivity contribution in [2.24, 2.45) is 0 Å². The highest BCUT2D eigenvalue weighted by Gasteiger charge is 2.48. The van der Waals surface area contributed by atoms with Crippen LogP contribution in [0.3, 0.4) is 0 Å². The SMILES string of the molecule is N#Cc1c(S(=O)(=O)C(F)(F)F)ccc(N2CCCc3cc(F)cc(F)c32)c1Cl. The lowest BCUT2D eigenvalue weighted by Gasteiger charge is -2.32. The number of anilines is 2. The summed E-state index contributed by atoms with van der Waals surface area (Å²) >= 11 is 6.06. The van der Waals surface area contributed by atoms with Gasteiger partial charge in [0.25, 0.3) is 9.84 Å². The van der Waals surface area contributed by atoms with Crippen molar-refractivity contribution in [2.45, 2.75) is 23.2 Å². The molecule has 1 heterocycles. The number of hydrogen-bond donors (Lipinski definition) is 0. The summed E-state index contributed by atoms with van der Waals surface area (Å²) in [5.41, 5.74) is -6.27. The molecular weight excluding hydrogens is 427 g/mol. The van der Waals surface area contributed by atoms with Crippen molar-refractivity contribution in [1.82, 2.24) is 0 Å². The summed E-state index contributed by atoms with van der Waals surface area (Å²) in [6.45, 7) is 0.186. The molecule has 0 aliphatic carbocycles. The van der Waals surface area contributed by atoms with Gasteiger partial charge in [0.1, 0.15) is 17.7 Å². The molecule has 1 aliphatic heterocycles. The van der Waals surface area contributed by atoms with Crippen LogP contribution in [0, 0.1) is 23.0 Å². The van der Waals surface area contributed by atoms with Gasteiger partial charge in [0, 0.05) is 12.6 Å². The molecule has 2 aromatic rings. The average Bonchev–Trinajstić information content (AvgIpc) is 2.59. The first-order chi connectivity index (χ1) is 13.0. The van der Waals surface area contributed by atoms with Crippen LogP contribution in [0.5, 0.6) is 0 Å². The fraction of sp³-hybridized carbons (Fsp3) is 0.235. The van der Waals surface area contributed by atoms with E-state index in [2.05, 4.69) is 0 Å². The molecule has 0 fully saturated rings. The standard InChI is InChI=1S/C17H10ClF5N2O2S/c18-15-11(8-24)14(28(26,27)17(21,22)23)4-3-13(15)25-5-1-2-9-6-10(19)7-12(20)16(9)25/h3-4,6-7H,1-2,5H2. The quantitative estimate of drug-likeness (QED) is 0.630. The smallest absolute Gasteiger partial charge is 0.338 e. The second-order valence-electron chi connectivity index (χ2n) is 5.98. The Kier molecular flexibility index (Phi) is 5.02. The van der Waals surface area contributed by atoms with Crippen molar-refractivity contribution in [3.63, 3.8) is 0 Å². The summed E-state index contributed by atoms with van der Waals surface area (Å²) < 4.78 is 89.9. The molecule has 0 radical (unpaired) electrons. The van der Waals surface area contributed by atoms with Gasteiger partial charge in [0.15, 0.2) is 0 Å². The summed E-state index contributed by atoms with van der Waals surface area (Å²) in [5, 5.41) is 8.66. The minimum atomic E-state index is -5.81. The third kappa shape index (κ3) is 3.18. The largest absolute Gasteiger partial charge is 0.501 e. The van der Waals surface area contributed by atoms with Crippen molar-refractivity contribution in [1.29, 1.82) is 5.26 Å². The Balaban J connectivity index is 2.22. The molecule has 2 aromatic carbocycles. The fourth-order valence-electron chi connectivity index (χ4n) is 3.10. The lowest BCUT2D eigenvalue weighted by molar-refractivity contribution is -0.0436. The number of benzene rings is 2. The Labute approximate surface area is 161 Å². The summed E-state index contributed by atoms with van der Waals surface area (Å²) in [4.78, 5) is 0.00823. The van der Waals surface area contributed by atoms with E-state index in [1.165, 1.54) is 11.0 Å². The normalized spacial score (nSPS) is 14.5. The number of nitrogens with zero attached hydrogens (tertiary/aromatic N) is 2. The predicted octanol–water partition coefficient (Wildman–Crippen LogP) is 4.87. The van der Waals surface area contributed by atoms with Gasteiger partial charge in [-0.15, -0.1) is 0 Å². The van der Waals surface area contributed by atoms with E-state index in [9.17, 15) is 35.6 Å². The van der Waals surface area contributed by atoms with Crippen LogP contribution in [-0.4, -0.2) is 20.5 Å². The number of fused-ring (bicyclic) bond motifs is 1. The third-order valence-corrected chi connectivity index (χ3v) is 6.20. The molecule has 0 amide bonds. The molecule has 0 saturated heterocycles. The van der Waals surface area contributed by atoms with E-state index in [1.807, 2.05) is 0 Å². The zero-order chi connectivity index (χ0) is 20.9. The molecule has 28 heavy (non-hydrogen) atoms. The van der Waals surface area contributed by atoms with Gasteiger partial charge in [-0.3, -0.25) is 0 Å². The van der Waals surface area contributed by atoms with Crippen LogP contribution >= 0.6 is 11.6 Å². The van der Waals surface area contributed by atoms with Crippen LogP contribution in [0.1, 0.15) is 17.5 Å². The second-order valence-corrected chi connectivity index (χ2v) is 8.27. The van der Waals surface area contributed by atoms with E-state index < -0.39 is 42.5 Å². The molecule has 0 unspecified atom stereocenters. The van der Waals surface area contributed by atoms with Crippen molar-refractivity contribution in [2.75, 3.05) is 11.4 Å². The molecule has 11 heteroatoms. The Morgan fingerprint density at radius 3 is 2.46 bits per heavy atom. The van der Waals surface area contributed by atoms with Crippen molar-refractivity contribution < 1.29 is 30.4 Å². The first-order valence-corrected chi connectivity index (χ1v) is 9.64. The Bertz CT molecular complexity index is 1110. The Hall–Kier alpha value is -2.38. The molecule has 4 nitrogen and oxygen atoms in total. The van der Waals surface area contributed by atoms with Crippen LogP contribution in [0.2, 0.25) is 5.02 Å². The van der Waals surface area contributed by atoms with Gasteiger partial charge in [-0.25, -0.2) is 17.2 Å². The van der Waals surface area contributed by atoms with Gasteiger partial charge in [-0.2, -0.15) is 18.4 Å². The highest BCUT2D eigenvalue weighted by Crippen LogP contribution is 2.43. The molecule has 0 spiro atoms. The number of aryl methyl sites for hydroxylation is 1. The van der Waals surface area contributed by atoms with Gasteiger partial charge < -0.3 is 4.90 Å². The monoisotopic (exact) mass is 436 g/mol. The van der Waals surface area contributed by atoms with Crippen molar-refractivity contribution >= 4 is 32.8 Å². The second kappa shape index (κ2) is 6.90.